The maximum absolute atomic E-state index is 11.9. The molecule has 0 N–H and O–H groups in total. The Morgan fingerprint density at radius 2 is 1.75 bits per heavy atom. The summed E-state index contributed by atoms with van der Waals surface area (Å²) in [5, 5.41) is 0. The van der Waals surface area contributed by atoms with Gasteiger partial charge < -0.3 is 14.4 Å². The van der Waals surface area contributed by atoms with Gasteiger partial charge in [-0.05, 0) is 30.5 Å². The minimum absolute atomic E-state index is 0.193. The smallest absolute Gasteiger partial charge is 0.338 e. The Morgan fingerprint density at radius 1 is 1.12 bits per heavy atom. The number of esters is 2. The molecule has 0 aliphatic rings. The summed E-state index contributed by atoms with van der Waals surface area (Å²) >= 11 is 0. The van der Waals surface area contributed by atoms with Gasteiger partial charge in [0.2, 0.25) is 0 Å². The van der Waals surface area contributed by atoms with Crippen LogP contribution in [0.2, 0.25) is 0 Å². The number of ether oxygens (including phenoxy) is 2. The molecule has 0 bridgehead atoms. The van der Waals surface area contributed by atoms with E-state index in [2.05, 4.69) is 0 Å². The van der Waals surface area contributed by atoms with Gasteiger partial charge in [0.05, 0.1) is 25.7 Å². The van der Waals surface area contributed by atoms with Crippen molar-refractivity contribution in [3.63, 3.8) is 0 Å². The van der Waals surface area contributed by atoms with E-state index in [0.29, 0.717) is 24.9 Å². The topological polar surface area (TPSA) is 55.8 Å². The molecule has 1 rings (SSSR count). The van der Waals surface area contributed by atoms with Crippen molar-refractivity contribution in [1.29, 1.82) is 0 Å². The molecule has 136 valence electrons. The minimum atomic E-state index is -0.341. The predicted molar refractivity (Wildman–Crippen MR) is 97.6 cm³/mol. The number of hydrogen-bond donors (Lipinski definition) is 0. The molecule has 0 spiro atoms. The van der Waals surface area contributed by atoms with E-state index in [-0.39, 0.29) is 17.9 Å². The third kappa shape index (κ3) is 5.55. The van der Waals surface area contributed by atoms with Gasteiger partial charge in [0, 0.05) is 19.3 Å². The van der Waals surface area contributed by atoms with Crippen molar-refractivity contribution in [2.45, 2.75) is 40.5 Å². The zero-order valence-corrected chi connectivity index (χ0v) is 16.0. The molecule has 0 saturated heterocycles. The van der Waals surface area contributed by atoms with Crippen LogP contribution in [0.15, 0.2) is 18.2 Å². The zero-order chi connectivity index (χ0) is 18.7. The number of rotatable bonds is 7. The summed E-state index contributed by atoms with van der Waals surface area (Å²) in [6.45, 7) is 8.50. The van der Waals surface area contributed by atoms with E-state index in [4.69, 9.17) is 9.47 Å². The average molecular weight is 337 g/mol. The van der Waals surface area contributed by atoms with Crippen molar-refractivity contribution in [2.75, 3.05) is 32.7 Å². The van der Waals surface area contributed by atoms with Crippen LogP contribution < -0.4 is 4.90 Å². The van der Waals surface area contributed by atoms with E-state index in [9.17, 15) is 9.59 Å². The highest BCUT2D eigenvalue weighted by molar-refractivity contribution is 5.93. The molecule has 1 unspecified atom stereocenters. The van der Waals surface area contributed by atoms with Crippen LogP contribution in [0.4, 0.5) is 5.69 Å². The quantitative estimate of drug-likeness (QED) is 0.710. The summed E-state index contributed by atoms with van der Waals surface area (Å²) < 4.78 is 9.68. The summed E-state index contributed by atoms with van der Waals surface area (Å²) in [4.78, 5) is 25.6. The van der Waals surface area contributed by atoms with Crippen LogP contribution in [0, 0.1) is 5.92 Å². The van der Waals surface area contributed by atoms with Gasteiger partial charge in [0.25, 0.3) is 0 Å². The number of benzene rings is 1. The lowest BCUT2D eigenvalue weighted by Crippen LogP contribution is -2.31. The maximum atomic E-state index is 11.9. The molecule has 0 aliphatic carbocycles. The van der Waals surface area contributed by atoms with Crippen LogP contribution >= 0.6 is 0 Å². The third-order valence-corrected chi connectivity index (χ3v) is 3.84. The van der Waals surface area contributed by atoms with E-state index in [1.54, 1.807) is 6.07 Å². The molecule has 1 atom stereocenters. The van der Waals surface area contributed by atoms with E-state index < -0.39 is 0 Å². The first-order valence-corrected chi connectivity index (χ1v) is 8.49. The number of nitrogens with zero attached hydrogens (tertiary/aromatic N) is 1. The Hall–Kier alpha value is -2.04. The maximum Gasteiger partial charge on any atom is 0.338 e. The molecule has 0 radical (unpaired) electrons. The zero-order valence-electron chi connectivity index (χ0n) is 16.0. The number of carbonyl (C=O) groups excluding carboxylic acids is 2. The molecule has 5 heteroatoms. The van der Waals surface area contributed by atoms with Crippen LogP contribution in [0.3, 0.4) is 0 Å². The van der Waals surface area contributed by atoms with E-state index in [1.807, 2.05) is 51.8 Å². The van der Waals surface area contributed by atoms with Crippen molar-refractivity contribution in [1.82, 2.24) is 0 Å². The Kier molecular flexibility index (Phi) is 10.5. The number of carbonyl (C=O) groups is 2. The van der Waals surface area contributed by atoms with Crippen molar-refractivity contribution in [2.24, 2.45) is 5.92 Å². The van der Waals surface area contributed by atoms with Crippen LogP contribution in [-0.2, 0) is 20.7 Å². The van der Waals surface area contributed by atoms with Gasteiger partial charge in [-0.25, -0.2) is 4.79 Å². The Labute approximate surface area is 145 Å². The van der Waals surface area contributed by atoms with Gasteiger partial charge in [-0.1, -0.05) is 33.8 Å². The SMILES string of the molecule is CC.CCc1c(C(=O)OC)cccc1N(C)CC(CC)C(=O)OC. The average Bonchev–Trinajstić information content (AvgIpc) is 2.65. The summed E-state index contributed by atoms with van der Waals surface area (Å²) in [6, 6.07) is 5.55. The molecule has 1 aromatic rings. The lowest BCUT2D eigenvalue weighted by molar-refractivity contribution is -0.145. The van der Waals surface area contributed by atoms with Crippen molar-refractivity contribution < 1.29 is 19.1 Å². The van der Waals surface area contributed by atoms with Crippen LogP contribution in [-0.4, -0.2) is 39.8 Å². The molecular weight excluding hydrogens is 306 g/mol. The van der Waals surface area contributed by atoms with Gasteiger partial charge in [-0.15, -0.1) is 0 Å². The highest BCUT2D eigenvalue weighted by Crippen LogP contribution is 2.25. The fourth-order valence-corrected chi connectivity index (χ4v) is 2.57. The van der Waals surface area contributed by atoms with Crippen LogP contribution in [0.25, 0.3) is 0 Å². The highest BCUT2D eigenvalue weighted by atomic mass is 16.5. The summed E-state index contributed by atoms with van der Waals surface area (Å²) in [7, 11) is 4.70. The molecule has 5 nitrogen and oxygen atoms in total. The van der Waals surface area contributed by atoms with E-state index >= 15 is 0 Å². The normalized spacial score (nSPS) is 11.0. The Balaban J connectivity index is 0.00000254. The largest absolute Gasteiger partial charge is 0.469 e. The van der Waals surface area contributed by atoms with Crippen LogP contribution in [0.1, 0.15) is 50.0 Å². The first-order valence-electron chi connectivity index (χ1n) is 8.49. The number of methoxy groups -OCH3 is 2. The minimum Gasteiger partial charge on any atom is -0.469 e. The molecule has 0 aliphatic heterocycles. The van der Waals surface area contributed by atoms with Gasteiger partial charge in [-0.3, -0.25) is 4.79 Å². The lowest BCUT2D eigenvalue weighted by Gasteiger charge is -2.26. The van der Waals surface area contributed by atoms with Gasteiger partial charge in [0.1, 0.15) is 0 Å². The van der Waals surface area contributed by atoms with Gasteiger partial charge in [0.15, 0.2) is 0 Å². The van der Waals surface area contributed by atoms with Crippen LogP contribution in [0.5, 0.6) is 0 Å². The number of hydrogen-bond acceptors (Lipinski definition) is 5. The monoisotopic (exact) mass is 337 g/mol. The summed E-state index contributed by atoms with van der Waals surface area (Å²) in [6.07, 6.45) is 1.41. The fraction of sp³-hybridized carbons (Fsp3) is 0.579. The van der Waals surface area contributed by atoms with E-state index in [1.165, 1.54) is 14.2 Å². The standard InChI is InChI=1S/C17H25NO4.C2H6/c1-6-12(16(19)21-4)11-18(3)15-10-8-9-14(13(15)7-2)17(20)22-5;1-2/h8-10,12H,6-7,11H2,1-5H3;1-2H3. The highest BCUT2D eigenvalue weighted by Gasteiger charge is 2.22. The van der Waals surface area contributed by atoms with E-state index in [0.717, 1.165) is 11.3 Å². The molecule has 0 aromatic heterocycles. The second kappa shape index (κ2) is 11.5. The molecule has 0 heterocycles. The fourth-order valence-electron chi connectivity index (χ4n) is 2.57. The van der Waals surface area contributed by atoms with Crippen molar-refractivity contribution >= 4 is 17.6 Å². The van der Waals surface area contributed by atoms with Gasteiger partial charge >= 0.3 is 11.9 Å². The van der Waals surface area contributed by atoms with Crippen molar-refractivity contribution in [3.8, 4) is 0 Å². The third-order valence-electron chi connectivity index (χ3n) is 3.84. The lowest BCUT2D eigenvalue weighted by atomic mass is 10.0. The molecule has 0 saturated carbocycles. The molecular formula is C19H31NO4. The summed E-state index contributed by atoms with van der Waals surface area (Å²) in [5.41, 5.74) is 2.43. The van der Waals surface area contributed by atoms with Crippen molar-refractivity contribution in [3.05, 3.63) is 29.3 Å². The second-order valence-electron chi connectivity index (χ2n) is 5.16. The molecule has 0 amide bonds. The first-order chi connectivity index (χ1) is 11.5. The predicted octanol–water partition coefficient (Wildman–Crippen LogP) is 3.70. The van der Waals surface area contributed by atoms with Gasteiger partial charge in [-0.2, -0.15) is 0 Å². The summed E-state index contributed by atoms with van der Waals surface area (Å²) in [5.74, 6) is -0.745. The molecule has 0 fully saturated rings. The first kappa shape index (κ1) is 22.0. The Bertz CT molecular complexity index is 528. The molecule has 1 aromatic carbocycles. The second-order valence-corrected chi connectivity index (χ2v) is 5.16. The molecule has 24 heavy (non-hydrogen) atoms. The number of anilines is 1. The Morgan fingerprint density at radius 3 is 2.21 bits per heavy atom.